The van der Waals surface area contributed by atoms with E-state index in [2.05, 4.69) is 17.6 Å². The zero-order valence-electron chi connectivity index (χ0n) is 11.2. The molecule has 1 aromatic rings. The van der Waals surface area contributed by atoms with Gasteiger partial charge in [-0.1, -0.05) is 25.5 Å². The van der Waals surface area contributed by atoms with E-state index in [9.17, 15) is 4.79 Å². The van der Waals surface area contributed by atoms with E-state index in [1.165, 1.54) is 0 Å². The molecular weight excluding hydrogens is 244 g/mol. The molecule has 0 heterocycles. The highest BCUT2D eigenvalue weighted by atomic mass is 32.1. The third-order valence-electron chi connectivity index (χ3n) is 2.65. The van der Waals surface area contributed by atoms with Crippen molar-refractivity contribution in [2.45, 2.75) is 40.0 Å². The number of hydrogen-bond acceptors (Lipinski definition) is 2. The Labute approximate surface area is 114 Å². The second-order valence-corrected chi connectivity index (χ2v) is 4.83. The molecule has 0 saturated carbocycles. The molecule has 3 nitrogen and oxygen atoms in total. The van der Waals surface area contributed by atoms with Gasteiger partial charge in [-0.15, -0.1) is 0 Å². The standard InChI is InChI=1S/C14H20N2OS/c1-4-5-6-13(17)16-14(18)15-12-9-10(2)7-8-11(12)3/h7-9H,4-6H2,1-3H3,(H2,15,16,17,18). The summed E-state index contributed by atoms with van der Waals surface area (Å²) in [6.45, 7) is 6.08. The second kappa shape index (κ2) is 7.11. The molecule has 0 aliphatic rings. The van der Waals surface area contributed by atoms with Gasteiger partial charge >= 0.3 is 0 Å². The van der Waals surface area contributed by atoms with Gasteiger partial charge in [0.1, 0.15) is 0 Å². The van der Waals surface area contributed by atoms with Crippen LogP contribution in [-0.2, 0) is 4.79 Å². The molecule has 0 spiro atoms. The van der Waals surface area contributed by atoms with Crippen molar-refractivity contribution < 1.29 is 4.79 Å². The van der Waals surface area contributed by atoms with E-state index in [0.29, 0.717) is 11.5 Å². The molecule has 0 aromatic heterocycles. The topological polar surface area (TPSA) is 41.1 Å². The Bertz CT molecular complexity index is 443. The summed E-state index contributed by atoms with van der Waals surface area (Å²) < 4.78 is 0. The number of rotatable bonds is 4. The van der Waals surface area contributed by atoms with Crippen LogP contribution in [0.4, 0.5) is 5.69 Å². The molecule has 4 heteroatoms. The van der Waals surface area contributed by atoms with Crippen molar-refractivity contribution in [2.75, 3.05) is 5.32 Å². The number of benzene rings is 1. The number of carbonyl (C=O) groups excluding carboxylic acids is 1. The average molecular weight is 264 g/mol. The van der Waals surface area contributed by atoms with Crippen LogP contribution in [-0.4, -0.2) is 11.0 Å². The van der Waals surface area contributed by atoms with Gasteiger partial charge in [0.15, 0.2) is 5.11 Å². The number of unbranched alkanes of at least 4 members (excludes halogenated alkanes) is 1. The fourth-order valence-corrected chi connectivity index (χ4v) is 1.77. The van der Waals surface area contributed by atoms with Crippen molar-refractivity contribution in [1.82, 2.24) is 5.32 Å². The quantitative estimate of drug-likeness (QED) is 0.820. The molecule has 1 aromatic carbocycles. The normalized spacial score (nSPS) is 9.94. The van der Waals surface area contributed by atoms with Crippen LogP contribution >= 0.6 is 12.2 Å². The number of aryl methyl sites for hydroxylation is 2. The van der Waals surface area contributed by atoms with E-state index in [4.69, 9.17) is 12.2 Å². The van der Waals surface area contributed by atoms with Crippen LogP contribution in [0.5, 0.6) is 0 Å². The minimum absolute atomic E-state index is 0.0281. The summed E-state index contributed by atoms with van der Waals surface area (Å²) in [5.41, 5.74) is 3.20. The lowest BCUT2D eigenvalue weighted by atomic mass is 10.1. The van der Waals surface area contributed by atoms with E-state index in [1.54, 1.807) is 0 Å². The number of amides is 1. The predicted octanol–water partition coefficient (Wildman–Crippen LogP) is 3.31. The van der Waals surface area contributed by atoms with Gasteiger partial charge in [0.25, 0.3) is 0 Å². The maximum Gasteiger partial charge on any atom is 0.226 e. The van der Waals surface area contributed by atoms with Crippen molar-refractivity contribution in [1.29, 1.82) is 0 Å². The highest BCUT2D eigenvalue weighted by Crippen LogP contribution is 2.16. The Kier molecular flexibility index (Phi) is 5.78. The molecule has 0 unspecified atom stereocenters. The molecule has 2 N–H and O–H groups in total. The van der Waals surface area contributed by atoms with Crippen molar-refractivity contribution in [3.05, 3.63) is 29.3 Å². The fraction of sp³-hybridized carbons (Fsp3) is 0.429. The van der Waals surface area contributed by atoms with Gasteiger partial charge in [-0.25, -0.2) is 0 Å². The monoisotopic (exact) mass is 264 g/mol. The molecule has 98 valence electrons. The summed E-state index contributed by atoms with van der Waals surface area (Å²) in [6.07, 6.45) is 2.41. The molecule has 1 amide bonds. The maximum atomic E-state index is 11.5. The van der Waals surface area contributed by atoms with Crippen LogP contribution in [0.15, 0.2) is 18.2 Å². The Morgan fingerprint density at radius 3 is 2.72 bits per heavy atom. The third kappa shape index (κ3) is 4.84. The van der Waals surface area contributed by atoms with Crippen molar-refractivity contribution in [3.8, 4) is 0 Å². The summed E-state index contributed by atoms with van der Waals surface area (Å²) in [5.74, 6) is -0.0281. The van der Waals surface area contributed by atoms with E-state index < -0.39 is 0 Å². The van der Waals surface area contributed by atoms with Crippen LogP contribution in [0, 0.1) is 13.8 Å². The van der Waals surface area contributed by atoms with E-state index in [0.717, 1.165) is 29.7 Å². The number of hydrogen-bond donors (Lipinski definition) is 2. The van der Waals surface area contributed by atoms with Gasteiger partial charge in [0.2, 0.25) is 5.91 Å². The predicted molar refractivity (Wildman–Crippen MR) is 79.8 cm³/mol. The van der Waals surface area contributed by atoms with Gasteiger partial charge in [-0.3, -0.25) is 4.79 Å². The summed E-state index contributed by atoms with van der Waals surface area (Å²) in [7, 11) is 0. The van der Waals surface area contributed by atoms with Crippen molar-refractivity contribution in [3.63, 3.8) is 0 Å². The number of thiocarbonyl (C=S) groups is 1. The maximum absolute atomic E-state index is 11.5. The lowest BCUT2D eigenvalue weighted by molar-refractivity contribution is -0.119. The van der Waals surface area contributed by atoms with E-state index >= 15 is 0 Å². The van der Waals surface area contributed by atoms with Gasteiger partial charge in [-0.2, -0.15) is 0 Å². The van der Waals surface area contributed by atoms with E-state index in [1.807, 2.05) is 32.0 Å². The summed E-state index contributed by atoms with van der Waals surface area (Å²) >= 11 is 5.12. The molecule has 0 aliphatic carbocycles. The van der Waals surface area contributed by atoms with Gasteiger partial charge in [0, 0.05) is 12.1 Å². The molecule has 0 bridgehead atoms. The first-order valence-corrected chi connectivity index (χ1v) is 6.62. The smallest absolute Gasteiger partial charge is 0.226 e. The Balaban J connectivity index is 2.54. The van der Waals surface area contributed by atoms with Crippen LogP contribution < -0.4 is 10.6 Å². The Morgan fingerprint density at radius 2 is 2.06 bits per heavy atom. The van der Waals surface area contributed by atoms with Gasteiger partial charge < -0.3 is 10.6 Å². The molecule has 0 atom stereocenters. The molecule has 0 saturated heterocycles. The summed E-state index contributed by atoms with van der Waals surface area (Å²) in [4.78, 5) is 11.5. The minimum Gasteiger partial charge on any atom is -0.332 e. The second-order valence-electron chi connectivity index (χ2n) is 4.42. The highest BCUT2D eigenvalue weighted by molar-refractivity contribution is 7.80. The number of nitrogens with one attached hydrogen (secondary N) is 2. The van der Waals surface area contributed by atoms with E-state index in [-0.39, 0.29) is 5.91 Å². The summed E-state index contributed by atoms with van der Waals surface area (Å²) in [5, 5.41) is 6.11. The van der Waals surface area contributed by atoms with Crippen LogP contribution in [0.3, 0.4) is 0 Å². The zero-order chi connectivity index (χ0) is 13.5. The Morgan fingerprint density at radius 1 is 1.33 bits per heavy atom. The third-order valence-corrected chi connectivity index (χ3v) is 2.86. The first-order valence-electron chi connectivity index (χ1n) is 6.21. The number of anilines is 1. The molecule has 18 heavy (non-hydrogen) atoms. The molecule has 0 fully saturated rings. The van der Waals surface area contributed by atoms with Crippen LogP contribution in [0.1, 0.15) is 37.3 Å². The average Bonchev–Trinajstić information content (AvgIpc) is 2.31. The van der Waals surface area contributed by atoms with Gasteiger partial charge in [0.05, 0.1) is 0 Å². The summed E-state index contributed by atoms with van der Waals surface area (Å²) in [6, 6.07) is 6.09. The Hall–Kier alpha value is -1.42. The largest absolute Gasteiger partial charge is 0.332 e. The lowest BCUT2D eigenvalue weighted by Crippen LogP contribution is -2.34. The zero-order valence-corrected chi connectivity index (χ0v) is 12.0. The lowest BCUT2D eigenvalue weighted by Gasteiger charge is -2.12. The van der Waals surface area contributed by atoms with Crippen molar-refractivity contribution >= 4 is 28.9 Å². The molecule has 1 rings (SSSR count). The van der Waals surface area contributed by atoms with Crippen molar-refractivity contribution in [2.24, 2.45) is 0 Å². The van der Waals surface area contributed by atoms with Crippen LogP contribution in [0.25, 0.3) is 0 Å². The highest BCUT2D eigenvalue weighted by Gasteiger charge is 2.05. The molecule has 0 radical (unpaired) electrons. The fourth-order valence-electron chi connectivity index (χ4n) is 1.55. The minimum atomic E-state index is -0.0281. The van der Waals surface area contributed by atoms with Crippen LogP contribution in [0.2, 0.25) is 0 Å². The molecular formula is C14H20N2OS. The first-order chi connectivity index (χ1) is 8.52. The first kappa shape index (κ1) is 14.6. The SMILES string of the molecule is CCCCC(=O)NC(=S)Nc1cc(C)ccc1C. The molecule has 0 aliphatic heterocycles. The van der Waals surface area contributed by atoms with Gasteiger partial charge in [-0.05, 0) is 49.7 Å². The number of carbonyl (C=O) groups is 1.